The van der Waals surface area contributed by atoms with Gasteiger partial charge in [-0.15, -0.1) is 0 Å². The highest BCUT2D eigenvalue weighted by Gasteiger charge is 2.35. The van der Waals surface area contributed by atoms with Crippen LogP contribution in [0.2, 0.25) is 0 Å². The summed E-state index contributed by atoms with van der Waals surface area (Å²) in [4.78, 5) is 20.3. The Bertz CT molecular complexity index is 1520. The summed E-state index contributed by atoms with van der Waals surface area (Å²) < 4.78 is 16.9. The van der Waals surface area contributed by atoms with Gasteiger partial charge in [0.05, 0.1) is 11.7 Å². The van der Waals surface area contributed by atoms with E-state index < -0.39 is 0 Å². The monoisotopic (exact) mass is 481 g/mol. The molecule has 2 aliphatic carbocycles. The van der Waals surface area contributed by atoms with Crippen LogP contribution in [0.15, 0.2) is 54.6 Å². The third kappa shape index (κ3) is 3.53. The van der Waals surface area contributed by atoms with Crippen molar-refractivity contribution < 1.29 is 9.18 Å². The first-order chi connectivity index (χ1) is 17.5. The Morgan fingerprint density at radius 2 is 1.92 bits per heavy atom. The summed E-state index contributed by atoms with van der Waals surface area (Å²) >= 11 is 0. The molecule has 1 amide bonds. The third-order valence-electron chi connectivity index (χ3n) is 8.06. The lowest BCUT2D eigenvalue weighted by Crippen LogP contribution is -2.39. The normalized spacial score (nSPS) is 23.1. The molecule has 6 nitrogen and oxygen atoms in total. The molecule has 2 N–H and O–H groups in total. The number of rotatable bonds is 4. The van der Waals surface area contributed by atoms with E-state index in [4.69, 9.17) is 15.8 Å². The van der Waals surface area contributed by atoms with Crippen molar-refractivity contribution in [2.24, 2.45) is 5.73 Å². The van der Waals surface area contributed by atoms with Gasteiger partial charge in [0.15, 0.2) is 5.65 Å². The number of carbonyl (C=O) groups excluding carboxylic acids is 1. The fourth-order valence-electron chi connectivity index (χ4n) is 5.67. The Morgan fingerprint density at radius 1 is 1.11 bits per heavy atom. The molecule has 4 aromatic rings. The minimum Gasteiger partial charge on any atom is -0.330 e. The predicted octanol–water partition coefficient (Wildman–Crippen LogP) is 4.99. The van der Waals surface area contributed by atoms with Crippen LogP contribution < -0.4 is 5.73 Å². The highest BCUT2D eigenvalue weighted by molar-refractivity contribution is 5.93. The van der Waals surface area contributed by atoms with Crippen LogP contribution in [0.1, 0.15) is 76.9 Å². The maximum Gasteiger partial charge on any atom is 0.273 e. The molecule has 3 atom stereocenters. The van der Waals surface area contributed by atoms with Crippen LogP contribution in [0, 0.1) is 5.82 Å². The summed E-state index contributed by atoms with van der Waals surface area (Å²) in [6, 6.07) is 17.4. The first-order valence-electron chi connectivity index (χ1n) is 12.8. The molecule has 2 aromatic heterocycles. The number of nitrogens with two attached hydrogens (primary N) is 1. The number of carbonyl (C=O) groups is 1. The van der Waals surface area contributed by atoms with Gasteiger partial charge in [-0.25, -0.2) is 13.9 Å². The fourth-order valence-corrected chi connectivity index (χ4v) is 5.67. The topological polar surface area (TPSA) is 76.5 Å². The molecule has 182 valence electrons. The summed E-state index contributed by atoms with van der Waals surface area (Å²) in [6.07, 6.45) is 3.85. The van der Waals surface area contributed by atoms with Gasteiger partial charge in [-0.05, 0) is 67.5 Å². The molecule has 1 aliphatic heterocycles. The van der Waals surface area contributed by atoms with Crippen LogP contribution in [0.3, 0.4) is 0 Å². The molecule has 3 aliphatic rings. The summed E-state index contributed by atoms with van der Waals surface area (Å²) in [5.41, 5.74) is 12.3. The highest BCUT2D eigenvalue weighted by atomic mass is 19.1. The molecule has 0 saturated heterocycles. The van der Waals surface area contributed by atoms with E-state index in [1.54, 1.807) is 22.7 Å². The average Bonchev–Trinajstić information content (AvgIpc) is 3.81. The van der Waals surface area contributed by atoms with Gasteiger partial charge in [0.2, 0.25) is 0 Å². The lowest BCUT2D eigenvalue weighted by atomic mass is 9.93. The van der Waals surface area contributed by atoms with Crippen LogP contribution in [-0.2, 0) is 6.42 Å². The van der Waals surface area contributed by atoms with E-state index in [-0.39, 0.29) is 29.7 Å². The summed E-state index contributed by atoms with van der Waals surface area (Å²) in [6.45, 7) is 2.74. The summed E-state index contributed by atoms with van der Waals surface area (Å²) in [5.74, 6) is 0.217. The zero-order valence-electron chi connectivity index (χ0n) is 20.2. The van der Waals surface area contributed by atoms with Gasteiger partial charge in [0.25, 0.3) is 5.91 Å². The van der Waals surface area contributed by atoms with Crippen molar-refractivity contribution in [3.8, 4) is 11.3 Å². The van der Waals surface area contributed by atoms with Gasteiger partial charge in [0, 0.05) is 41.7 Å². The molecule has 3 heterocycles. The maximum absolute atomic E-state index is 15.1. The van der Waals surface area contributed by atoms with E-state index in [1.165, 1.54) is 11.1 Å². The second-order valence-corrected chi connectivity index (χ2v) is 10.5. The first-order valence-corrected chi connectivity index (χ1v) is 12.8. The number of nitrogens with zero attached hydrogens (tertiary/aromatic N) is 4. The molecule has 7 heteroatoms. The van der Waals surface area contributed by atoms with Crippen molar-refractivity contribution in [3.63, 3.8) is 0 Å². The molecule has 7 rings (SSSR count). The first kappa shape index (κ1) is 21.7. The molecule has 0 bridgehead atoms. The number of hydrogen-bond acceptors (Lipinski definition) is 4. The standard InChI is InChI=1S/C29H28FN5O/c1-16-20-5-3-2-4-17(20)10-11-34(16)29(36)26-14-27(18-6-7-18)35-28(32-26)15-25(33-35)21-9-8-19(12-23(21)30)22-13-24(22)31/h2-5,8-9,12,14-16,18,22,24H,6-7,10-11,13,31H2,1H3/t16-,22-,24+/m1/s1. The van der Waals surface area contributed by atoms with Gasteiger partial charge >= 0.3 is 0 Å². The maximum atomic E-state index is 15.1. The van der Waals surface area contributed by atoms with E-state index in [1.807, 2.05) is 23.1 Å². The summed E-state index contributed by atoms with van der Waals surface area (Å²) in [7, 11) is 0. The van der Waals surface area contributed by atoms with E-state index in [0.29, 0.717) is 35.1 Å². The molecule has 0 spiro atoms. The largest absolute Gasteiger partial charge is 0.330 e. The Kier molecular flexibility index (Phi) is 4.80. The lowest BCUT2D eigenvalue weighted by Gasteiger charge is -2.35. The van der Waals surface area contributed by atoms with Gasteiger partial charge in [0.1, 0.15) is 11.5 Å². The zero-order valence-corrected chi connectivity index (χ0v) is 20.2. The van der Waals surface area contributed by atoms with Crippen LogP contribution in [0.5, 0.6) is 0 Å². The van der Waals surface area contributed by atoms with E-state index in [9.17, 15) is 4.79 Å². The number of halogens is 1. The second-order valence-electron chi connectivity index (χ2n) is 10.5. The number of benzene rings is 2. The van der Waals surface area contributed by atoms with Gasteiger partial charge in [-0.2, -0.15) is 5.10 Å². The Hall–Kier alpha value is -3.58. The quantitative estimate of drug-likeness (QED) is 0.446. The van der Waals surface area contributed by atoms with Gasteiger partial charge < -0.3 is 10.6 Å². The third-order valence-corrected chi connectivity index (χ3v) is 8.06. The van der Waals surface area contributed by atoms with Crippen LogP contribution in [0.25, 0.3) is 16.9 Å². The summed E-state index contributed by atoms with van der Waals surface area (Å²) in [5, 5.41) is 4.73. The molecule has 36 heavy (non-hydrogen) atoms. The van der Waals surface area contributed by atoms with Gasteiger partial charge in [-0.1, -0.05) is 30.3 Å². The number of aromatic nitrogens is 3. The smallest absolute Gasteiger partial charge is 0.273 e. The zero-order chi connectivity index (χ0) is 24.6. The Labute approximate surface area is 208 Å². The lowest BCUT2D eigenvalue weighted by molar-refractivity contribution is 0.0671. The molecule has 0 radical (unpaired) electrons. The van der Waals surface area contributed by atoms with Crippen LogP contribution in [-0.4, -0.2) is 38.0 Å². The molecule has 2 saturated carbocycles. The predicted molar refractivity (Wildman–Crippen MR) is 135 cm³/mol. The van der Waals surface area contributed by atoms with E-state index in [2.05, 4.69) is 25.1 Å². The SMILES string of the molecule is C[C@@H]1c2ccccc2CCN1C(=O)c1cc(C2CC2)n2nc(-c3ccc([C@H]4C[C@@H]4N)cc3F)cc2n1. The molecular formula is C29H28FN5O. The van der Waals surface area contributed by atoms with Crippen LogP contribution in [0.4, 0.5) is 4.39 Å². The van der Waals surface area contributed by atoms with Crippen molar-refractivity contribution in [2.75, 3.05) is 6.54 Å². The minimum absolute atomic E-state index is 0.0162. The van der Waals surface area contributed by atoms with Crippen molar-refractivity contribution in [3.05, 3.63) is 88.5 Å². The van der Waals surface area contributed by atoms with Crippen molar-refractivity contribution >= 4 is 11.6 Å². The minimum atomic E-state index is -0.305. The molecule has 2 fully saturated rings. The van der Waals surface area contributed by atoms with E-state index in [0.717, 1.165) is 36.9 Å². The molecule has 2 aromatic carbocycles. The van der Waals surface area contributed by atoms with E-state index >= 15 is 4.39 Å². The van der Waals surface area contributed by atoms with Crippen molar-refractivity contribution in [1.82, 2.24) is 19.5 Å². The van der Waals surface area contributed by atoms with Crippen molar-refractivity contribution in [1.29, 1.82) is 0 Å². The van der Waals surface area contributed by atoms with Gasteiger partial charge in [-0.3, -0.25) is 4.79 Å². The number of amides is 1. The van der Waals surface area contributed by atoms with Crippen molar-refractivity contribution in [2.45, 2.75) is 56.5 Å². The number of hydrogen-bond donors (Lipinski definition) is 1. The fraction of sp³-hybridized carbons (Fsp3) is 0.345. The van der Waals surface area contributed by atoms with Crippen LogP contribution >= 0.6 is 0 Å². The Balaban J connectivity index is 1.26. The molecular weight excluding hydrogens is 453 g/mol. The Morgan fingerprint density at radius 3 is 2.67 bits per heavy atom. The average molecular weight is 482 g/mol. The highest BCUT2D eigenvalue weighted by Crippen LogP contribution is 2.42. The molecule has 0 unspecified atom stereocenters. The second kappa shape index (κ2) is 7.96. The number of fused-ring (bicyclic) bond motifs is 2.